The fourth-order valence-corrected chi connectivity index (χ4v) is 3.28. The number of nitrogens with one attached hydrogen (secondary N) is 2. The Morgan fingerprint density at radius 3 is 2.50 bits per heavy atom. The Hall–Kier alpha value is -3.94. The van der Waals surface area contributed by atoms with Gasteiger partial charge in [0.25, 0.3) is 5.91 Å². The van der Waals surface area contributed by atoms with Gasteiger partial charge in [0.1, 0.15) is 0 Å². The Labute approximate surface area is 183 Å². The maximum absolute atomic E-state index is 13.3. The molecule has 0 unspecified atom stereocenters. The number of carbonyl (C=O) groups excluding carboxylic acids is 2. The van der Waals surface area contributed by atoms with Crippen LogP contribution < -0.4 is 20.1 Å². The van der Waals surface area contributed by atoms with E-state index < -0.39 is 11.6 Å². The molecule has 8 heteroatoms. The van der Waals surface area contributed by atoms with Gasteiger partial charge in [-0.3, -0.25) is 9.59 Å². The van der Waals surface area contributed by atoms with Crippen LogP contribution in [0.4, 0.5) is 14.5 Å². The van der Waals surface area contributed by atoms with Crippen LogP contribution in [0.5, 0.6) is 11.5 Å². The van der Waals surface area contributed by atoms with Crippen LogP contribution in [0.15, 0.2) is 60.7 Å². The first-order chi connectivity index (χ1) is 15.5. The number of anilines is 1. The van der Waals surface area contributed by atoms with Gasteiger partial charge in [0.2, 0.25) is 12.7 Å². The maximum Gasteiger partial charge on any atom is 0.253 e. The second-order valence-electron chi connectivity index (χ2n) is 7.21. The number of carbonyl (C=O) groups is 2. The van der Waals surface area contributed by atoms with Crippen molar-refractivity contribution in [2.45, 2.75) is 19.4 Å². The number of benzene rings is 3. The van der Waals surface area contributed by atoms with Crippen LogP contribution in [0, 0.1) is 11.6 Å². The van der Waals surface area contributed by atoms with Crippen molar-refractivity contribution in [2.24, 2.45) is 0 Å². The molecule has 0 saturated carbocycles. The van der Waals surface area contributed by atoms with Crippen molar-refractivity contribution < 1.29 is 27.8 Å². The minimum absolute atomic E-state index is 0.0538. The van der Waals surface area contributed by atoms with Crippen molar-refractivity contribution in [3.63, 3.8) is 0 Å². The molecule has 0 saturated heterocycles. The Morgan fingerprint density at radius 1 is 0.875 bits per heavy atom. The third-order valence-corrected chi connectivity index (χ3v) is 4.96. The summed E-state index contributed by atoms with van der Waals surface area (Å²) in [6, 6.07) is 15.6. The highest BCUT2D eigenvalue weighted by Gasteiger charge is 2.16. The lowest BCUT2D eigenvalue weighted by Gasteiger charge is -2.12. The maximum atomic E-state index is 13.3. The molecule has 1 aliphatic rings. The molecule has 2 N–H and O–H groups in total. The van der Waals surface area contributed by atoms with Crippen molar-refractivity contribution in [3.05, 3.63) is 89.0 Å². The minimum Gasteiger partial charge on any atom is -0.454 e. The SMILES string of the molecule is O=C(CCc1ccc(F)c(F)c1)Nc1ccccc1C(=O)NCc1ccc2c(c1)OCO2. The van der Waals surface area contributed by atoms with E-state index in [1.165, 1.54) is 6.07 Å². The second-order valence-corrected chi connectivity index (χ2v) is 7.21. The highest BCUT2D eigenvalue weighted by atomic mass is 19.2. The first-order valence-corrected chi connectivity index (χ1v) is 9.99. The summed E-state index contributed by atoms with van der Waals surface area (Å²) in [7, 11) is 0. The van der Waals surface area contributed by atoms with Crippen molar-refractivity contribution >= 4 is 17.5 Å². The predicted octanol–water partition coefficient (Wildman–Crippen LogP) is 4.19. The molecule has 0 bridgehead atoms. The number of aryl methyl sites for hydroxylation is 1. The molecule has 0 fully saturated rings. The molecule has 4 rings (SSSR count). The third-order valence-electron chi connectivity index (χ3n) is 4.96. The molecule has 0 atom stereocenters. The van der Waals surface area contributed by atoms with Gasteiger partial charge < -0.3 is 20.1 Å². The molecule has 3 aromatic rings. The Kier molecular flexibility index (Phi) is 6.30. The zero-order chi connectivity index (χ0) is 22.5. The molecule has 0 aromatic heterocycles. The van der Waals surface area contributed by atoms with Gasteiger partial charge in [-0.05, 0) is 53.9 Å². The lowest BCUT2D eigenvalue weighted by molar-refractivity contribution is -0.116. The summed E-state index contributed by atoms with van der Waals surface area (Å²) in [4.78, 5) is 25.1. The van der Waals surface area contributed by atoms with Crippen molar-refractivity contribution in [2.75, 3.05) is 12.1 Å². The zero-order valence-electron chi connectivity index (χ0n) is 17.0. The number of rotatable bonds is 7. The van der Waals surface area contributed by atoms with Gasteiger partial charge in [-0.15, -0.1) is 0 Å². The number of hydrogen-bond acceptors (Lipinski definition) is 4. The van der Waals surface area contributed by atoms with Crippen molar-refractivity contribution in [1.29, 1.82) is 0 Å². The first-order valence-electron chi connectivity index (χ1n) is 9.99. The van der Waals surface area contributed by atoms with E-state index in [0.717, 1.165) is 17.7 Å². The summed E-state index contributed by atoms with van der Waals surface area (Å²) in [5.74, 6) is -1.28. The predicted molar refractivity (Wildman–Crippen MR) is 113 cm³/mol. The van der Waals surface area contributed by atoms with Crippen LogP contribution in [0.2, 0.25) is 0 Å². The summed E-state index contributed by atoms with van der Waals surface area (Å²) < 4.78 is 37.0. The van der Waals surface area contributed by atoms with Crippen LogP contribution in [0.25, 0.3) is 0 Å². The lowest BCUT2D eigenvalue weighted by atomic mass is 10.1. The molecular formula is C24H20F2N2O4. The van der Waals surface area contributed by atoms with E-state index in [-0.39, 0.29) is 38.0 Å². The van der Waals surface area contributed by atoms with Crippen LogP contribution in [0.3, 0.4) is 0 Å². The molecule has 164 valence electrons. The summed E-state index contributed by atoms with van der Waals surface area (Å²) in [5.41, 5.74) is 2.03. The molecule has 1 aliphatic heterocycles. The Morgan fingerprint density at radius 2 is 1.66 bits per heavy atom. The van der Waals surface area contributed by atoms with Gasteiger partial charge in [0, 0.05) is 13.0 Å². The number of amides is 2. The fraction of sp³-hybridized carbons (Fsp3) is 0.167. The topological polar surface area (TPSA) is 76.7 Å². The van der Waals surface area contributed by atoms with E-state index in [1.54, 1.807) is 36.4 Å². The molecular weight excluding hydrogens is 418 g/mol. The molecule has 3 aromatic carbocycles. The van der Waals surface area contributed by atoms with Gasteiger partial charge in [-0.2, -0.15) is 0 Å². The van der Waals surface area contributed by atoms with Gasteiger partial charge in [0.15, 0.2) is 23.1 Å². The van der Waals surface area contributed by atoms with Crippen LogP contribution in [-0.2, 0) is 17.8 Å². The van der Waals surface area contributed by atoms with Gasteiger partial charge in [-0.1, -0.05) is 24.3 Å². The van der Waals surface area contributed by atoms with E-state index in [9.17, 15) is 18.4 Å². The summed E-state index contributed by atoms with van der Waals surface area (Å²) in [6.07, 6.45) is 0.291. The number of para-hydroxylation sites is 1. The number of fused-ring (bicyclic) bond motifs is 1. The Bertz CT molecular complexity index is 1170. The van der Waals surface area contributed by atoms with E-state index in [1.807, 2.05) is 6.07 Å². The van der Waals surface area contributed by atoms with E-state index in [0.29, 0.717) is 28.3 Å². The standard InChI is InChI=1S/C24H20F2N2O4/c25-18-8-5-15(11-19(18)26)7-10-23(29)28-20-4-2-1-3-17(20)24(30)27-13-16-6-9-21-22(12-16)32-14-31-21/h1-6,8-9,11-12H,7,10,13-14H2,(H,27,30)(H,28,29). The molecule has 2 amide bonds. The van der Waals surface area contributed by atoms with Gasteiger partial charge in [0.05, 0.1) is 11.3 Å². The number of hydrogen-bond donors (Lipinski definition) is 2. The normalized spacial score (nSPS) is 11.8. The average molecular weight is 438 g/mol. The van der Waals surface area contributed by atoms with Gasteiger partial charge >= 0.3 is 0 Å². The van der Waals surface area contributed by atoms with Crippen LogP contribution in [-0.4, -0.2) is 18.6 Å². The first kappa shape index (κ1) is 21.3. The summed E-state index contributed by atoms with van der Waals surface area (Å²) >= 11 is 0. The monoisotopic (exact) mass is 438 g/mol. The fourth-order valence-electron chi connectivity index (χ4n) is 3.28. The molecule has 0 spiro atoms. The van der Waals surface area contributed by atoms with E-state index in [4.69, 9.17) is 9.47 Å². The smallest absolute Gasteiger partial charge is 0.253 e. The molecule has 0 radical (unpaired) electrons. The molecule has 0 aliphatic carbocycles. The highest BCUT2D eigenvalue weighted by Crippen LogP contribution is 2.32. The zero-order valence-corrected chi connectivity index (χ0v) is 17.0. The van der Waals surface area contributed by atoms with Crippen molar-refractivity contribution in [3.8, 4) is 11.5 Å². The highest BCUT2D eigenvalue weighted by molar-refractivity contribution is 6.03. The minimum atomic E-state index is -0.951. The Balaban J connectivity index is 1.35. The molecule has 6 nitrogen and oxygen atoms in total. The quantitative estimate of drug-likeness (QED) is 0.580. The van der Waals surface area contributed by atoms with Crippen LogP contribution in [0.1, 0.15) is 27.9 Å². The summed E-state index contributed by atoms with van der Waals surface area (Å²) in [5, 5.41) is 5.54. The van der Waals surface area contributed by atoms with Gasteiger partial charge in [-0.25, -0.2) is 8.78 Å². The lowest BCUT2D eigenvalue weighted by Crippen LogP contribution is -2.25. The molecule has 1 heterocycles. The molecule has 32 heavy (non-hydrogen) atoms. The van der Waals surface area contributed by atoms with E-state index >= 15 is 0 Å². The van der Waals surface area contributed by atoms with E-state index in [2.05, 4.69) is 10.6 Å². The number of halogens is 2. The second kappa shape index (κ2) is 9.47. The summed E-state index contributed by atoms with van der Waals surface area (Å²) in [6.45, 7) is 0.447. The average Bonchev–Trinajstić information content (AvgIpc) is 3.26. The van der Waals surface area contributed by atoms with Crippen molar-refractivity contribution in [1.82, 2.24) is 5.32 Å². The number of ether oxygens (including phenoxy) is 2. The largest absolute Gasteiger partial charge is 0.454 e. The third kappa shape index (κ3) is 5.03. The van der Waals surface area contributed by atoms with Crippen LogP contribution >= 0.6 is 0 Å².